The van der Waals surface area contributed by atoms with Crippen LogP contribution >= 0.6 is 11.3 Å². The summed E-state index contributed by atoms with van der Waals surface area (Å²) in [4.78, 5) is 65.3. The molecule has 0 radical (unpaired) electrons. The number of carbonyl (C=O) groups is 4. The molecule has 2 unspecified atom stereocenters. The van der Waals surface area contributed by atoms with Crippen LogP contribution in [0.3, 0.4) is 0 Å². The molecule has 8 atom stereocenters. The summed E-state index contributed by atoms with van der Waals surface area (Å²) in [6, 6.07) is 20.7. The van der Waals surface area contributed by atoms with E-state index >= 15 is 0 Å². The van der Waals surface area contributed by atoms with Crippen molar-refractivity contribution in [1.82, 2.24) is 30.0 Å². The van der Waals surface area contributed by atoms with Crippen LogP contribution in [0, 0.1) is 23.2 Å². The van der Waals surface area contributed by atoms with E-state index in [0.717, 1.165) is 65.6 Å². The lowest BCUT2D eigenvalue weighted by molar-refractivity contribution is -0.271. The number of amides is 2. The summed E-state index contributed by atoms with van der Waals surface area (Å²) in [7, 11) is -2.63. The second-order valence-corrected chi connectivity index (χ2v) is 28.7. The summed E-state index contributed by atoms with van der Waals surface area (Å²) < 4.78 is 69.5. The van der Waals surface area contributed by atoms with Crippen molar-refractivity contribution in [2.24, 2.45) is 22.0 Å². The van der Waals surface area contributed by atoms with Gasteiger partial charge in [-0.05, 0) is 122 Å². The molecule has 0 spiro atoms. The number of aliphatic hydroxyl groups is 3. The molecule has 27 nitrogen and oxygen atoms in total. The standard InChI is InChI=1S/C64H79N9O18S2/c1-37-44(42-14-15-49(69-50(42)56(78)79)72-18-16-38-8-7-9-43(45(38)27-72)55(77)70-59-68-46-10-5-6-11-48(46)92-59)26-67-73(37)36-63-31-61(2)30-62(3,32-63)34-64(33-61,35-63)89-21-19-71(4)60(82)88-28-39-12-13-41(87-23-22-86-20-17-66-25-40(65)29-93(83,84)85)24-47(39)90-58-53(76)51(74)52(75)54(91-58)57(80)81/h5-15,24,26,40,51-54,58,66,74-76H,16-23,25,27-36,65H2,1-4H3,(H,78,79)(H,80,81)(H,68,70,77)(H,83,84,85)/t40-,51+,52+,53-,54+,58-,61?,62?,63?,64?/m1/s1. The molecule has 2 aliphatic heterocycles. The van der Waals surface area contributed by atoms with Crippen LogP contribution < -0.4 is 30.7 Å². The first-order valence-electron chi connectivity index (χ1n) is 30.8. The lowest BCUT2D eigenvalue weighted by atomic mass is 9.39. The third-order valence-electron chi connectivity index (χ3n) is 18.3. The second kappa shape index (κ2) is 27.1. The highest BCUT2D eigenvalue weighted by Crippen LogP contribution is 2.72. The summed E-state index contributed by atoms with van der Waals surface area (Å²) in [5, 5.41) is 63.4. The Labute approximate surface area is 540 Å². The highest BCUT2D eigenvalue weighted by Gasteiger charge is 2.66. The van der Waals surface area contributed by atoms with E-state index in [1.807, 2.05) is 59.0 Å². The van der Waals surface area contributed by atoms with Crippen molar-refractivity contribution in [3.05, 3.63) is 113 Å². The normalized spacial score (nSPS) is 25.9. The Bertz CT molecular complexity index is 3830. The molecule has 2 amide bonds. The number of nitrogens with one attached hydrogen (secondary N) is 2. The monoisotopic (exact) mass is 1330 g/mol. The van der Waals surface area contributed by atoms with Gasteiger partial charge in [0.25, 0.3) is 16.0 Å². The number of hydrogen-bond donors (Lipinski definition) is 9. The number of thiazole rings is 1. The van der Waals surface area contributed by atoms with Gasteiger partial charge in [0.05, 0.1) is 47.6 Å². The van der Waals surface area contributed by atoms with Crippen LogP contribution in [0.25, 0.3) is 21.3 Å². The number of carboxylic acids is 2. The minimum Gasteiger partial charge on any atom is -0.491 e. The van der Waals surface area contributed by atoms with Crippen LogP contribution in [0.15, 0.2) is 79.0 Å². The number of anilines is 2. The summed E-state index contributed by atoms with van der Waals surface area (Å²) in [5.74, 6) is -3.01. The van der Waals surface area contributed by atoms with E-state index in [1.54, 1.807) is 31.4 Å². The Morgan fingerprint density at radius 3 is 2.41 bits per heavy atom. The molecule has 5 fully saturated rings. The summed E-state index contributed by atoms with van der Waals surface area (Å²) in [5.41, 5.74) is 10.2. The molecular formula is C64H79N9O18S2. The lowest BCUT2D eigenvalue weighted by Crippen LogP contribution is -2.64. The first kappa shape index (κ1) is 67.0. The first-order valence-corrected chi connectivity index (χ1v) is 33.3. The molecule has 6 aliphatic rings. The van der Waals surface area contributed by atoms with Gasteiger partial charge in [0.2, 0.25) is 6.29 Å². The SMILES string of the molecule is Cc1c(-c2ccc(N3CCc4cccc(C(=O)Nc5nc6ccccc6s5)c4C3)nc2C(=O)O)cnn1CC12CC3(C)CC(C)(C1)CC(OCCN(C)C(=O)OCc1ccc(OCCOCCNC[C@@H](N)CS(=O)(=O)O)cc1O[C@@H]1O[C@H](C(=O)O)[C@@H](O)[C@H](O)[C@H]1O)(C3)C2. The summed E-state index contributed by atoms with van der Waals surface area (Å²) >= 11 is 1.41. The number of carboxylic acid groups (broad SMARTS) is 2. The van der Waals surface area contributed by atoms with Crippen LogP contribution in [-0.4, -0.2) is 195 Å². The number of likely N-dealkylation sites (N-methyl/N-ethyl adjacent to an activating group) is 1. The predicted molar refractivity (Wildman–Crippen MR) is 339 cm³/mol. The third-order valence-corrected chi connectivity index (χ3v) is 20.1. The number of carbonyl (C=O) groups excluding carboxylic acids is 2. The number of aromatic nitrogens is 4. The van der Waals surface area contributed by atoms with Gasteiger partial charge in [-0.2, -0.15) is 13.5 Å². The number of ether oxygens (including phenoxy) is 6. The lowest BCUT2D eigenvalue weighted by Gasteiger charge is -2.69. The fourth-order valence-corrected chi connectivity index (χ4v) is 16.9. The van der Waals surface area contributed by atoms with Gasteiger partial charge in [0.1, 0.15) is 48.8 Å². The second-order valence-electron chi connectivity index (χ2n) is 26.2. The number of para-hydroxylation sites is 1. The van der Waals surface area contributed by atoms with Crippen LogP contribution in [0.2, 0.25) is 0 Å². The molecule has 29 heteroatoms. The van der Waals surface area contributed by atoms with Gasteiger partial charge < -0.3 is 74.8 Å². The average molecular weight is 1330 g/mol. The van der Waals surface area contributed by atoms with Crippen molar-refractivity contribution in [3.8, 4) is 22.6 Å². The number of hydrogen-bond acceptors (Lipinski definition) is 22. The van der Waals surface area contributed by atoms with E-state index in [9.17, 15) is 53.1 Å². The molecular weight excluding hydrogens is 1250 g/mol. The molecule has 500 valence electrons. The zero-order valence-electron chi connectivity index (χ0n) is 52.1. The number of benzene rings is 3. The van der Waals surface area contributed by atoms with Crippen molar-refractivity contribution in [3.63, 3.8) is 0 Å². The van der Waals surface area contributed by atoms with Gasteiger partial charge >= 0.3 is 18.0 Å². The highest BCUT2D eigenvalue weighted by molar-refractivity contribution is 7.85. The zero-order valence-corrected chi connectivity index (χ0v) is 53.7. The number of rotatable bonds is 27. The first-order chi connectivity index (χ1) is 44.2. The van der Waals surface area contributed by atoms with E-state index in [1.165, 1.54) is 28.4 Å². The predicted octanol–water partition coefficient (Wildman–Crippen LogP) is 5.25. The number of nitrogens with zero attached hydrogens (tertiary/aromatic N) is 6. The van der Waals surface area contributed by atoms with Gasteiger partial charge in [0.15, 0.2) is 16.9 Å². The molecule has 10 N–H and O–H groups in total. The Hall–Kier alpha value is -7.42. The molecule has 5 heterocycles. The van der Waals surface area contributed by atoms with Gasteiger partial charge in [-0.1, -0.05) is 49.4 Å². The van der Waals surface area contributed by atoms with Crippen LogP contribution in [0.4, 0.5) is 15.7 Å². The molecule has 4 bridgehead atoms. The van der Waals surface area contributed by atoms with E-state index in [-0.39, 0.29) is 91.0 Å². The van der Waals surface area contributed by atoms with Gasteiger partial charge in [-0.3, -0.25) is 19.3 Å². The number of aliphatic carboxylic acids is 1. The fourth-order valence-electron chi connectivity index (χ4n) is 15.4. The maximum atomic E-state index is 13.8. The van der Waals surface area contributed by atoms with Crippen molar-refractivity contribution in [1.29, 1.82) is 0 Å². The van der Waals surface area contributed by atoms with Gasteiger partial charge in [-0.25, -0.2) is 24.4 Å². The quantitative estimate of drug-likeness (QED) is 0.0235. The number of aromatic carboxylic acids is 1. The topological polar surface area (TPSA) is 379 Å². The highest BCUT2D eigenvalue weighted by atomic mass is 32.2. The van der Waals surface area contributed by atoms with Crippen molar-refractivity contribution >= 4 is 66.6 Å². The van der Waals surface area contributed by atoms with Crippen LogP contribution in [0.5, 0.6) is 11.5 Å². The minimum absolute atomic E-state index is 0.0344. The van der Waals surface area contributed by atoms with Crippen LogP contribution in [0.1, 0.15) is 95.6 Å². The Kier molecular flexibility index (Phi) is 19.5. The Balaban J connectivity index is 0.715. The molecule has 3 aromatic heterocycles. The van der Waals surface area contributed by atoms with Crippen molar-refractivity contribution in [2.75, 3.05) is 75.6 Å². The maximum absolute atomic E-state index is 13.8. The maximum Gasteiger partial charge on any atom is 0.409 e. The van der Waals surface area contributed by atoms with E-state index in [2.05, 4.69) is 29.5 Å². The molecule has 4 saturated carbocycles. The summed E-state index contributed by atoms with van der Waals surface area (Å²) in [6.07, 6.45) is -2.54. The largest absolute Gasteiger partial charge is 0.491 e. The van der Waals surface area contributed by atoms with Crippen molar-refractivity contribution in [2.45, 2.75) is 128 Å². The third kappa shape index (κ3) is 15.2. The minimum atomic E-state index is -4.21. The smallest absolute Gasteiger partial charge is 0.409 e. The molecule has 6 aromatic rings. The Morgan fingerprint density at radius 2 is 1.67 bits per heavy atom. The number of nitrogens with two attached hydrogens (primary N) is 1. The van der Waals surface area contributed by atoms with Gasteiger partial charge in [-0.15, -0.1) is 0 Å². The molecule has 1 saturated heterocycles. The van der Waals surface area contributed by atoms with Crippen molar-refractivity contribution < 1.29 is 86.1 Å². The average Bonchev–Trinajstić information content (AvgIpc) is 1.31. The molecule has 3 aromatic carbocycles. The molecule has 93 heavy (non-hydrogen) atoms. The molecule has 12 rings (SSSR count). The number of pyridine rings is 1. The Morgan fingerprint density at radius 1 is 0.892 bits per heavy atom. The summed E-state index contributed by atoms with van der Waals surface area (Å²) in [6.45, 7) is 8.92. The number of fused-ring (bicyclic) bond motifs is 2. The van der Waals surface area contributed by atoms with Crippen LogP contribution in [-0.2, 0) is 60.0 Å². The van der Waals surface area contributed by atoms with E-state index in [0.29, 0.717) is 60.2 Å². The molecule has 4 aliphatic carbocycles. The van der Waals surface area contributed by atoms with E-state index in [4.69, 9.17) is 48.8 Å². The van der Waals surface area contributed by atoms with Gasteiger partial charge in [0, 0.05) is 86.4 Å². The number of aliphatic hydroxyl groups excluding tert-OH is 3. The zero-order chi connectivity index (χ0) is 66.2. The van der Waals surface area contributed by atoms with E-state index < -0.39 is 76.3 Å². The fraction of sp³-hybridized carbons (Fsp3) is 0.516.